The normalized spacial score (nSPS) is 14.7. The Bertz CT molecular complexity index is 1220. The zero-order chi connectivity index (χ0) is 26.2. The SMILES string of the molecule is O=C(NC1CCCCC1)C(Cc1ccccc1)N(Cc1ccccc1F)C(=O)Cc1ccc(Cl)cc1Cl. The molecular formula is C30H31Cl2FN2O2. The first kappa shape index (κ1) is 27.2. The molecule has 0 radical (unpaired) electrons. The van der Waals surface area contributed by atoms with E-state index in [2.05, 4.69) is 5.32 Å². The van der Waals surface area contributed by atoms with E-state index >= 15 is 0 Å². The average Bonchev–Trinajstić information content (AvgIpc) is 2.90. The summed E-state index contributed by atoms with van der Waals surface area (Å²) in [7, 11) is 0. The van der Waals surface area contributed by atoms with Gasteiger partial charge in [-0.3, -0.25) is 9.59 Å². The van der Waals surface area contributed by atoms with E-state index < -0.39 is 11.9 Å². The molecule has 1 atom stereocenters. The fourth-order valence-electron chi connectivity index (χ4n) is 4.84. The van der Waals surface area contributed by atoms with Crippen molar-refractivity contribution >= 4 is 35.0 Å². The molecule has 4 rings (SSSR count). The Labute approximate surface area is 227 Å². The van der Waals surface area contributed by atoms with Gasteiger partial charge in [0.1, 0.15) is 11.9 Å². The third-order valence-electron chi connectivity index (χ3n) is 6.88. The van der Waals surface area contributed by atoms with E-state index in [0.717, 1.165) is 31.2 Å². The molecule has 0 bridgehead atoms. The predicted molar refractivity (Wildman–Crippen MR) is 146 cm³/mol. The molecule has 0 aliphatic heterocycles. The van der Waals surface area contributed by atoms with E-state index in [1.807, 2.05) is 30.3 Å². The summed E-state index contributed by atoms with van der Waals surface area (Å²) in [6.07, 6.45) is 5.43. The van der Waals surface area contributed by atoms with Crippen molar-refractivity contribution < 1.29 is 14.0 Å². The first-order valence-corrected chi connectivity index (χ1v) is 13.5. The lowest BCUT2D eigenvalue weighted by Gasteiger charge is -2.33. The van der Waals surface area contributed by atoms with Crippen molar-refractivity contribution in [3.8, 4) is 0 Å². The minimum absolute atomic E-state index is 0.0353. The molecule has 1 aliphatic carbocycles. The van der Waals surface area contributed by atoms with Gasteiger partial charge < -0.3 is 10.2 Å². The summed E-state index contributed by atoms with van der Waals surface area (Å²) in [4.78, 5) is 29.1. The van der Waals surface area contributed by atoms with Crippen LogP contribution in [-0.2, 0) is 29.0 Å². The summed E-state index contributed by atoms with van der Waals surface area (Å²) in [5.41, 5.74) is 1.87. The highest BCUT2D eigenvalue weighted by atomic mass is 35.5. The van der Waals surface area contributed by atoms with Crippen LogP contribution in [0.25, 0.3) is 0 Å². The number of nitrogens with one attached hydrogen (secondary N) is 1. The summed E-state index contributed by atoms with van der Waals surface area (Å²) in [5, 5.41) is 4.03. The van der Waals surface area contributed by atoms with Crippen LogP contribution in [0.15, 0.2) is 72.8 Å². The lowest BCUT2D eigenvalue weighted by atomic mass is 9.94. The number of hydrogen-bond acceptors (Lipinski definition) is 2. The molecule has 4 nitrogen and oxygen atoms in total. The molecule has 0 spiro atoms. The van der Waals surface area contributed by atoms with Gasteiger partial charge in [0.2, 0.25) is 11.8 Å². The first-order valence-electron chi connectivity index (χ1n) is 12.7. The molecule has 1 unspecified atom stereocenters. The van der Waals surface area contributed by atoms with Crippen molar-refractivity contribution in [2.24, 2.45) is 0 Å². The molecular weight excluding hydrogens is 510 g/mol. The molecule has 3 aromatic rings. The quantitative estimate of drug-likeness (QED) is 0.325. The van der Waals surface area contributed by atoms with Gasteiger partial charge in [0.05, 0.1) is 6.42 Å². The van der Waals surface area contributed by atoms with Crippen molar-refractivity contribution in [1.82, 2.24) is 10.2 Å². The topological polar surface area (TPSA) is 49.4 Å². The molecule has 1 saturated carbocycles. The van der Waals surface area contributed by atoms with Crippen LogP contribution in [0.5, 0.6) is 0 Å². The van der Waals surface area contributed by atoms with E-state index in [0.29, 0.717) is 27.6 Å². The molecule has 1 aliphatic rings. The molecule has 0 heterocycles. The summed E-state index contributed by atoms with van der Waals surface area (Å²) >= 11 is 12.4. The Hall–Kier alpha value is -2.89. The Balaban J connectivity index is 1.68. The van der Waals surface area contributed by atoms with E-state index in [1.54, 1.807) is 36.4 Å². The van der Waals surface area contributed by atoms with Gasteiger partial charge in [-0.2, -0.15) is 0 Å². The molecule has 2 amide bonds. The fraction of sp³-hybridized carbons (Fsp3) is 0.333. The minimum atomic E-state index is -0.817. The minimum Gasteiger partial charge on any atom is -0.352 e. The maximum absolute atomic E-state index is 14.7. The number of carbonyl (C=O) groups excluding carboxylic acids is 2. The lowest BCUT2D eigenvalue weighted by molar-refractivity contribution is -0.141. The number of hydrogen-bond donors (Lipinski definition) is 1. The highest BCUT2D eigenvalue weighted by Gasteiger charge is 2.32. The molecule has 0 aromatic heterocycles. The Morgan fingerprint density at radius 1 is 0.919 bits per heavy atom. The molecule has 194 valence electrons. The largest absolute Gasteiger partial charge is 0.352 e. The van der Waals surface area contributed by atoms with Gasteiger partial charge in [0, 0.05) is 34.6 Å². The van der Waals surface area contributed by atoms with Gasteiger partial charge in [0.25, 0.3) is 0 Å². The van der Waals surface area contributed by atoms with Crippen LogP contribution in [0.3, 0.4) is 0 Å². The van der Waals surface area contributed by atoms with Crippen molar-refractivity contribution in [3.63, 3.8) is 0 Å². The Kier molecular flexibility index (Phi) is 9.59. The van der Waals surface area contributed by atoms with E-state index in [1.165, 1.54) is 17.4 Å². The standard InChI is InChI=1S/C30H31Cl2FN2O2/c31-24-16-15-22(26(32)19-24)18-29(36)35(20-23-11-7-8-14-27(23)33)28(17-21-9-3-1-4-10-21)30(37)34-25-12-5-2-6-13-25/h1,3-4,7-11,14-16,19,25,28H,2,5-6,12-13,17-18,20H2,(H,34,37). The summed E-state index contributed by atoms with van der Waals surface area (Å²) < 4.78 is 14.7. The summed E-state index contributed by atoms with van der Waals surface area (Å²) in [6, 6.07) is 20.2. The van der Waals surface area contributed by atoms with Gasteiger partial charge in [-0.25, -0.2) is 4.39 Å². The second kappa shape index (κ2) is 13.1. The first-order chi connectivity index (χ1) is 17.9. The van der Waals surface area contributed by atoms with Crippen LogP contribution in [0.1, 0.15) is 48.8 Å². The number of carbonyl (C=O) groups is 2. The maximum Gasteiger partial charge on any atom is 0.243 e. The number of benzene rings is 3. The summed E-state index contributed by atoms with van der Waals surface area (Å²) in [5.74, 6) is -0.953. The smallest absolute Gasteiger partial charge is 0.243 e. The molecule has 1 N–H and O–H groups in total. The van der Waals surface area contributed by atoms with Crippen LogP contribution in [0, 0.1) is 5.82 Å². The van der Waals surface area contributed by atoms with Crippen LogP contribution >= 0.6 is 23.2 Å². The molecule has 3 aromatic carbocycles. The summed E-state index contributed by atoms with van der Waals surface area (Å²) in [6.45, 7) is -0.0354. The predicted octanol–water partition coefficient (Wildman–Crippen LogP) is 6.76. The second-order valence-electron chi connectivity index (χ2n) is 9.57. The average molecular weight is 541 g/mol. The van der Waals surface area contributed by atoms with Gasteiger partial charge in [-0.05, 0) is 42.2 Å². The van der Waals surface area contributed by atoms with Gasteiger partial charge in [-0.15, -0.1) is 0 Å². The molecule has 37 heavy (non-hydrogen) atoms. The van der Waals surface area contributed by atoms with Gasteiger partial charge >= 0.3 is 0 Å². The van der Waals surface area contributed by atoms with Gasteiger partial charge in [0.15, 0.2) is 0 Å². The molecule has 0 saturated heterocycles. The zero-order valence-electron chi connectivity index (χ0n) is 20.6. The Morgan fingerprint density at radius 2 is 1.62 bits per heavy atom. The van der Waals surface area contributed by atoms with E-state index in [4.69, 9.17) is 23.2 Å². The van der Waals surface area contributed by atoms with Crippen LogP contribution in [0.4, 0.5) is 4.39 Å². The van der Waals surface area contributed by atoms with E-state index in [9.17, 15) is 14.0 Å². The van der Waals surface area contributed by atoms with Gasteiger partial charge in [-0.1, -0.05) is 97.1 Å². The van der Waals surface area contributed by atoms with Crippen LogP contribution in [-0.4, -0.2) is 28.8 Å². The lowest BCUT2D eigenvalue weighted by Crippen LogP contribution is -2.53. The van der Waals surface area contributed by atoms with Crippen molar-refractivity contribution in [2.45, 2.75) is 63.6 Å². The number of rotatable bonds is 9. The number of amides is 2. The maximum atomic E-state index is 14.7. The van der Waals surface area contributed by atoms with Crippen molar-refractivity contribution in [1.29, 1.82) is 0 Å². The third-order valence-corrected chi connectivity index (χ3v) is 7.46. The fourth-order valence-corrected chi connectivity index (χ4v) is 5.31. The van der Waals surface area contributed by atoms with Crippen LogP contribution < -0.4 is 5.32 Å². The highest BCUT2D eigenvalue weighted by Crippen LogP contribution is 2.24. The second-order valence-corrected chi connectivity index (χ2v) is 10.4. The van der Waals surface area contributed by atoms with Crippen molar-refractivity contribution in [2.75, 3.05) is 0 Å². The highest BCUT2D eigenvalue weighted by molar-refractivity contribution is 6.35. The van der Waals surface area contributed by atoms with E-state index in [-0.39, 0.29) is 30.8 Å². The number of nitrogens with zero attached hydrogens (tertiary/aromatic N) is 1. The third kappa shape index (κ3) is 7.56. The zero-order valence-corrected chi connectivity index (χ0v) is 22.1. The number of halogens is 3. The Morgan fingerprint density at radius 3 is 2.32 bits per heavy atom. The monoisotopic (exact) mass is 540 g/mol. The molecule has 7 heteroatoms. The molecule has 1 fully saturated rings. The van der Waals surface area contributed by atoms with Crippen LogP contribution in [0.2, 0.25) is 10.0 Å². The van der Waals surface area contributed by atoms with Crippen molar-refractivity contribution in [3.05, 3.63) is 105 Å².